The van der Waals surface area contributed by atoms with Crippen molar-refractivity contribution in [3.05, 3.63) is 54.1 Å². The zero-order valence-electron chi connectivity index (χ0n) is 14.8. The predicted octanol–water partition coefficient (Wildman–Crippen LogP) is 2.63. The maximum atomic E-state index is 12.0. The van der Waals surface area contributed by atoms with Gasteiger partial charge in [0.1, 0.15) is 12.3 Å². The van der Waals surface area contributed by atoms with Crippen LogP contribution in [0.25, 0.3) is 11.1 Å². The largest absolute Gasteiger partial charge is 0.484 e. The molecule has 0 fully saturated rings. The number of ether oxygens (including phenoxy) is 2. The molecule has 0 aliphatic heterocycles. The van der Waals surface area contributed by atoms with Crippen molar-refractivity contribution in [1.82, 2.24) is 4.90 Å². The second-order valence-corrected chi connectivity index (χ2v) is 5.56. The number of nitriles is 1. The topological polar surface area (TPSA) is 79.6 Å². The van der Waals surface area contributed by atoms with Crippen LogP contribution in [-0.2, 0) is 14.3 Å². The first-order valence-electron chi connectivity index (χ1n) is 8.16. The SMILES string of the molecule is CCOC(=O)CN(C)C(=O)COc1ccc(-c2ccc(C#N)cc2)cc1. The summed E-state index contributed by atoms with van der Waals surface area (Å²) in [6.45, 7) is 1.73. The minimum Gasteiger partial charge on any atom is -0.484 e. The Morgan fingerprint density at radius 1 is 1.04 bits per heavy atom. The van der Waals surface area contributed by atoms with Gasteiger partial charge in [-0.2, -0.15) is 5.26 Å². The minimum absolute atomic E-state index is 0.104. The van der Waals surface area contributed by atoms with Gasteiger partial charge < -0.3 is 14.4 Å². The second kappa shape index (κ2) is 9.23. The standard InChI is InChI=1S/C20H20N2O4/c1-3-25-20(24)13-22(2)19(23)14-26-18-10-8-17(9-11-18)16-6-4-15(12-21)5-7-16/h4-11H,3,13-14H2,1-2H3. The summed E-state index contributed by atoms with van der Waals surface area (Å²) in [6, 6.07) is 16.7. The molecular formula is C20H20N2O4. The first kappa shape index (κ1) is 19.0. The van der Waals surface area contributed by atoms with E-state index >= 15 is 0 Å². The molecule has 0 aromatic heterocycles. The Morgan fingerprint density at radius 3 is 2.15 bits per heavy atom. The van der Waals surface area contributed by atoms with Gasteiger partial charge in [0, 0.05) is 7.05 Å². The molecule has 0 aliphatic rings. The van der Waals surface area contributed by atoms with E-state index in [0.29, 0.717) is 11.3 Å². The lowest BCUT2D eigenvalue weighted by molar-refractivity contribution is -0.148. The molecule has 2 aromatic rings. The summed E-state index contributed by atoms with van der Waals surface area (Å²) in [5, 5.41) is 8.83. The summed E-state index contributed by atoms with van der Waals surface area (Å²) in [6.07, 6.45) is 0. The molecule has 0 saturated heterocycles. The van der Waals surface area contributed by atoms with Gasteiger partial charge in [-0.15, -0.1) is 0 Å². The summed E-state index contributed by atoms with van der Waals surface area (Å²) in [5.41, 5.74) is 2.58. The molecule has 0 heterocycles. The molecule has 2 rings (SSSR count). The zero-order chi connectivity index (χ0) is 18.9. The summed E-state index contributed by atoms with van der Waals surface area (Å²) < 4.78 is 10.3. The number of likely N-dealkylation sites (N-methyl/N-ethyl adjacent to an activating group) is 1. The molecule has 0 saturated carbocycles. The van der Waals surface area contributed by atoms with E-state index < -0.39 is 5.97 Å². The molecule has 2 aromatic carbocycles. The van der Waals surface area contributed by atoms with Crippen molar-refractivity contribution >= 4 is 11.9 Å². The lowest BCUT2D eigenvalue weighted by Crippen LogP contribution is -2.36. The van der Waals surface area contributed by atoms with Gasteiger partial charge in [-0.05, 0) is 42.3 Å². The van der Waals surface area contributed by atoms with Crippen LogP contribution >= 0.6 is 0 Å². The Balaban J connectivity index is 1.89. The third-order valence-electron chi connectivity index (χ3n) is 3.66. The van der Waals surface area contributed by atoms with E-state index in [-0.39, 0.29) is 25.7 Å². The van der Waals surface area contributed by atoms with Crippen molar-refractivity contribution in [2.75, 3.05) is 26.8 Å². The highest BCUT2D eigenvalue weighted by molar-refractivity contribution is 5.82. The van der Waals surface area contributed by atoms with Crippen molar-refractivity contribution in [1.29, 1.82) is 5.26 Å². The molecule has 26 heavy (non-hydrogen) atoms. The highest BCUT2D eigenvalue weighted by Gasteiger charge is 2.14. The van der Waals surface area contributed by atoms with Gasteiger partial charge >= 0.3 is 5.97 Å². The number of nitrogens with zero attached hydrogens (tertiary/aromatic N) is 2. The van der Waals surface area contributed by atoms with Crippen molar-refractivity contribution in [2.24, 2.45) is 0 Å². The Kier molecular flexibility index (Phi) is 6.75. The number of carbonyl (C=O) groups excluding carboxylic acids is 2. The Bertz CT molecular complexity index is 792. The Labute approximate surface area is 152 Å². The molecule has 0 bridgehead atoms. The first-order chi connectivity index (χ1) is 12.5. The molecule has 0 aliphatic carbocycles. The summed E-state index contributed by atoms with van der Waals surface area (Å²) >= 11 is 0. The molecule has 0 radical (unpaired) electrons. The fourth-order valence-electron chi connectivity index (χ4n) is 2.22. The minimum atomic E-state index is -0.449. The van der Waals surface area contributed by atoms with Crippen LogP contribution in [-0.4, -0.2) is 43.6 Å². The second-order valence-electron chi connectivity index (χ2n) is 5.56. The van der Waals surface area contributed by atoms with Crippen LogP contribution < -0.4 is 4.74 Å². The zero-order valence-corrected chi connectivity index (χ0v) is 14.8. The average Bonchev–Trinajstić information content (AvgIpc) is 2.66. The van der Waals surface area contributed by atoms with Gasteiger partial charge in [-0.1, -0.05) is 24.3 Å². The van der Waals surface area contributed by atoms with Crippen molar-refractivity contribution in [3.8, 4) is 22.9 Å². The average molecular weight is 352 g/mol. The maximum Gasteiger partial charge on any atom is 0.325 e. The monoisotopic (exact) mass is 352 g/mol. The number of benzene rings is 2. The van der Waals surface area contributed by atoms with Crippen LogP contribution in [0.2, 0.25) is 0 Å². The quantitative estimate of drug-likeness (QED) is 0.716. The molecule has 134 valence electrons. The molecule has 6 nitrogen and oxygen atoms in total. The molecule has 0 spiro atoms. The summed E-state index contributed by atoms with van der Waals surface area (Å²) in [5.74, 6) is -0.204. The summed E-state index contributed by atoms with van der Waals surface area (Å²) in [7, 11) is 1.52. The van der Waals surface area contributed by atoms with Crippen LogP contribution in [0.5, 0.6) is 5.75 Å². The smallest absolute Gasteiger partial charge is 0.325 e. The number of rotatable bonds is 7. The van der Waals surface area contributed by atoms with E-state index in [9.17, 15) is 9.59 Å². The molecule has 0 atom stereocenters. The van der Waals surface area contributed by atoms with Gasteiger partial charge in [-0.25, -0.2) is 0 Å². The Hall–Kier alpha value is -3.33. The Morgan fingerprint density at radius 2 is 1.62 bits per heavy atom. The maximum absolute atomic E-state index is 12.0. The number of hydrogen-bond acceptors (Lipinski definition) is 5. The van der Waals surface area contributed by atoms with Crippen LogP contribution in [0.4, 0.5) is 0 Å². The molecular weight excluding hydrogens is 332 g/mol. The van der Waals surface area contributed by atoms with Crippen LogP contribution in [0.3, 0.4) is 0 Å². The molecule has 6 heteroatoms. The number of esters is 1. The van der Waals surface area contributed by atoms with Crippen molar-refractivity contribution in [2.45, 2.75) is 6.92 Å². The third kappa shape index (κ3) is 5.35. The van der Waals surface area contributed by atoms with E-state index in [1.165, 1.54) is 11.9 Å². The fourth-order valence-corrected chi connectivity index (χ4v) is 2.22. The molecule has 0 unspecified atom stereocenters. The molecule has 0 N–H and O–H groups in total. The lowest BCUT2D eigenvalue weighted by atomic mass is 10.0. The highest BCUT2D eigenvalue weighted by Crippen LogP contribution is 2.22. The van der Waals surface area contributed by atoms with Crippen molar-refractivity contribution in [3.63, 3.8) is 0 Å². The first-order valence-corrected chi connectivity index (χ1v) is 8.16. The predicted molar refractivity (Wildman–Crippen MR) is 96.4 cm³/mol. The number of hydrogen-bond donors (Lipinski definition) is 0. The van der Waals surface area contributed by atoms with Gasteiger partial charge in [0.05, 0.1) is 18.2 Å². The fraction of sp³-hybridized carbons (Fsp3) is 0.250. The van der Waals surface area contributed by atoms with Crippen LogP contribution in [0.1, 0.15) is 12.5 Å². The van der Waals surface area contributed by atoms with Gasteiger partial charge in [0.25, 0.3) is 5.91 Å². The normalized spacial score (nSPS) is 9.88. The molecule has 1 amide bonds. The lowest BCUT2D eigenvalue weighted by Gasteiger charge is -2.16. The van der Waals surface area contributed by atoms with Gasteiger partial charge in [0.2, 0.25) is 0 Å². The van der Waals surface area contributed by atoms with Crippen LogP contribution in [0.15, 0.2) is 48.5 Å². The van der Waals surface area contributed by atoms with E-state index in [1.54, 1.807) is 31.2 Å². The van der Waals surface area contributed by atoms with Crippen molar-refractivity contribution < 1.29 is 19.1 Å². The number of carbonyl (C=O) groups is 2. The van der Waals surface area contributed by atoms with Gasteiger partial charge in [-0.3, -0.25) is 9.59 Å². The van der Waals surface area contributed by atoms with E-state index in [1.807, 2.05) is 24.3 Å². The summed E-state index contributed by atoms with van der Waals surface area (Å²) in [4.78, 5) is 24.6. The van der Waals surface area contributed by atoms with E-state index in [2.05, 4.69) is 6.07 Å². The third-order valence-corrected chi connectivity index (χ3v) is 3.66. The van der Waals surface area contributed by atoms with Crippen LogP contribution in [0, 0.1) is 11.3 Å². The number of amides is 1. The van der Waals surface area contributed by atoms with E-state index in [0.717, 1.165) is 11.1 Å². The van der Waals surface area contributed by atoms with Gasteiger partial charge in [0.15, 0.2) is 6.61 Å². The highest BCUT2D eigenvalue weighted by atomic mass is 16.5. The van der Waals surface area contributed by atoms with E-state index in [4.69, 9.17) is 14.7 Å².